The Morgan fingerprint density at radius 1 is 0.955 bits per heavy atom. The van der Waals surface area contributed by atoms with Crippen molar-refractivity contribution < 1.29 is 30.7 Å². The van der Waals surface area contributed by atoms with Crippen LogP contribution in [0, 0.1) is 5.82 Å². The van der Waals surface area contributed by atoms with E-state index < -0.39 is 27.8 Å². The summed E-state index contributed by atoms with van der Waals surface area (Å²) in [7, 11) is -3.96. The molecule has 0 radical (unpaired) electrons. The molecule has 0 aliphatic carbocycles. The van der Waals surface area contributed by atoms with E-state index in [2.05, 4.69) is 4.74 Å². The van der Waals surface area contributed by atoms with E-state index in [0.717, 1.165) is 30.3 Å². The number of rotatable bonds is 1. The molecule has 3 rings (SSSR count). The monoisotopic (exact) mass is 332 g/mol. The summed E-state index contributed by atoms with van der Waals surface area (Å²) < 4.78 is 78.6. The molecule has 0 atom stereocenters. The minimum Gasteiger partial charge on any atom is -0.406 e. The molecule has 0 bridgehead atoms. The van der Waals surface area contributed by atoms with Gasteiger partial charge in [-0.15, -0.1) is 13.2 Å². The standard InChI is InChI=1S/C14H8F4O3S/c15-10-2-1-8-5-9-6-11(21-14(16,17)18)3-4-12(9)22(19,20)13(8)7-10/h1-4,6-7H,5H2. The summed E-state index contributed by atoms with van der Waals surface area (Å²) in [6.07, 6.45) is -4.78. The van der Waals surface area contributed by atoms with E-state index in [1.54, 1.807) is 0 Å². The van der Waals surface area contributed by atoms with E-state index in [-0.39, 0.29) is 21.8 Å². The van der Waals surface area contributed by atoms with Gasteiger partial charge in [-0.05, 0) is 41.5 Å². The first-order valence-electron chi connectivity index (χ1n) is 6.09. The van der Waals surface area contributed by atoms with Gasteiger partial charge in [-0.3, -0.25) is 0 Å². The topological polar surface area (TPSA) is 43.4 Å². The van der Waals surface area contributed by atoms with Crippen LogP contribution in [0.1, 0.15) is 11.1 Å². The van der Waals surface area contributed by atoms with Gasteiger partial charge in [0.15, 0.2) is 0 Å². The van der Waals surface area contributed by atoms with Crippen molar-refractivity contribution in [2.24, 2.45) is 0 Å². The second-order valence-electron chi connectivity index (χ2n) is 4.75. The highest BCUT2D eigenvalue weighted by Crippen LogP contribution is 2.37. The predicted octanol–water partition coefficient (Wildman–Crippen LogP) is 3.46. The number of halogens is 4. The van der Waals surface area contributed by atoms with E-state index in [4.69, 9.17) is 0 Å². The Morgan fingerprint density at radius 2 is 1.68 bits per heavy atom. The molecule has 1 heterocycles. The third kappa shape index (κ3) is 2.54. The van der Waals surface area contributed by atoms with E-state index in [9.17, 15) is 26.0 Å². The first-order chi connectivity index (χ1) is 10.2. The largest absolute Gasteiger partial charge is 0.573 e. The van der Waals surface area contributed by atoms with Crippen LogP contribution < -0.4 is 4.74 Å². The second kappa shape index (κ2) is 4.70. The summed E-state index contributed by atoms with van der Waals surface area (Å²) in [5.41, 5.74) is 0.513. The van der Waals surface area contributed by atoms with E-state index in [0.29, 0.717) is 5.56 Å². The Morgan fingerprint density at radius 3 is 2.36 bits per heavy atom. The van der Waals surface area contributed by atoms with Gasteiger partial charge < -0.3 is 4.74 Å². The van der Waals surface area contributed by atoms with Crippen molar-refractivity contribution in [3.8, 4) is 5.75 Å². The molecule has 22 heavy (non-hydrogen) atoms. The lowest BCUT2D eigenvalue weighted by Crippen LogP contribution is -2.19. The molecular weight excluding hydrogens is 324 g/mol. The van der Waals surface area contributed by atoms with E-state index >= 15 is 0 Å². The molecule has 2 aromatic carbocycles. The molecule has 0 N–H and O–H groups in total. The van der Waals surface area contributed by atoms with Gasteiger partial charge in [0.05, 0.1) is 9.79 Å². The lowest BCUT2D eigenvalue weighted by molar-refractivity contribution is -0.274. The van der Waals surface area contributed by atoms with Crippen LogP contribution in [-0.2, 0) is 16.3 Å². The van der Waals surface area contributed by atoms with Gasteiger partial charge in [0.25, 0.3) is 0 Å². The second-order valence-corrected chi connectivity index (χ2v) is 6.64. The fourth-order valence-electron chi connectivity index (χ4n) is 2.40. The van der Waals surface area contributed by atoms with Crippen molar-refractivity contribution in [3.05, 3.63) is 53.3 Å². The minimum absolute atomic E-state index is 0.0826. The quantitative estimate of drug-likeness (QED) is 0.641. The van der Waals surface area contributed by atoms with Crippen molar-refractivity contribution in [1.82, 2.24) is 0 Å². The maximum Gasteiger partial charge on any atom is 0.573 e. The first-order valence-corrected chi connectivity index (χ1v) is 7.57. The summed E-state index contributed by atoms with van der Waals surface area (Å²) in [6, 6.07) is 6.33. The van der Waals surface area contributed by atoms with Gasteiger partial charge in [-0.1, -0.05) is 6.07 Å². The third-order valence-corrected chi connectivity index (χ3v) is 5.19. The normalized spacial score (nSPS) is 15.8. The summed E-state index contributed by atoms with van der Waals surface area (Å²) in [5.74, 6) is -1.19. The minimum atomic E-state index is -4.86. The Kier molecular flexibility index (Phi) is 3.17. The highest BCUT2D eigenvalue weighted by molar-refractivity contribution is 7.91. The van der Waals surface area contributed by atoms with Crippen LogP contribution >= 0.6 is 0 Å². The predicted molar refractivity (Wildman–Crippen MR) is 67.8 cm³/mol. The van der Waals surface area contributed by atoms with Crippen molar-refractivity contribution in [2.45, 2.75) is 22.6 Å². The molecule has 0 saturated heterocycles. The number of hydrogen-bond acceptors (Lipinski definition) is 3. The molecule has 8 heteroatoms. The van der Waals surface area contributed by atoms with Crippen LogP contribution in [0.3, 0.4) is 0 Å². The fourth-order valence-corrected chi connectivity index (χ4v) is 4.11. The molecule has 116 valence electrons. The number of hydrogen-bond donors (Lipinski definition) is 0. The summed E-state index contributed by atoms with van der Waals surface area (Å²) in [6.45, 7) is 0. The smallest absolute Gasteiger partial charge is 0.406 e. The average molecular weight is 332 g/mol. The Balaban J connectivity index is 2.12. The Bertz CT molecular complexity index is 857. The van der Waals surface area contributed by atoms with Crippen LogP contribution in [-0.4, -0.2) is 14.8 Å². The first kappa shape index (κ1) is 14.8. The maximum absolute atomic E-state index is 13.3. The molecule has 2 aromatic rings. The number of fused-ring (bicyclic) bond motifs is 2. The highest BCUT2D eigenvalue weighted by Gasteiger charge is 2.33. The van der Waals surface area contributed by atoms with Gasteiger partial charge in [0, 0.05) is 6.42 Å². The third-order valence-electron chi connectivity index (χ3n) is 3.25. The lowest BCUT2D eigenvalue weighted by Gasteiger charge is -2.20. The highest BCUT2D eigenvalue weighted by atomic mass is 32.2. The number of benzene rings is 2. The molecule has 1 aliphatic rings. The zero-order chi connectivity index (χ0) is 16.1. The summed E-state index contributed by atoms with van der Waals surface area (Å²) in [5, 5.41) is 0. The molecule has 1 aliphatic heterocycles. The lowest BCUT2D eigenvalue weighted by atomic mass is 10.0. The maximum atomic E-state index is 13.3. The molecule has 0 unspecified atom stereocenters. The summed E-state index contributed by atoms with van der Waals surface area (Å²) in [4.78, 5) is -0.301. The van der Waals surface area contributed by atoms with Crippen LogP contribution in [0.25, 0.3) is 0 Å². The van der Waals surface area contributed by atoms with Crippen LogP contribution in [0.5, 0.6) is 5.75 Å². The average Bonchev–Trinajstić information content (AvgIpc) is 2.38. The molecule has 0 aromatic heterocycles. The SMILES string of the molecule is O=S1(=O)c2ccc(OC(F)(F)F)cc2Cc2ccc(F)cc21. The molecular formula is C14H8F4O3S. The molecule has 0 saturated carbocycles. The number of alkyl halides is 3. The fraction of sp³-hybridized carbons (Fsp3) is 0.143. The van der Waals surface area contributed by atoms with Crippen molar-refractivity contribution in [3.63, 3.8) is 0 Å². The van der Waals surface area contributed by atoms with Gasteiger partial charge in [-0.2, -0.15) is 0 Å². The van der Waals surface area contributed by atoms with Crippen LogP contribution in [0.4, 0.5) is 17.6 Å². The van der Waals surface area contributed by atoms with E-state index in [1.165, 1.54) is 6.07 Å². The molecule has 3 nitrogen and oxygen atoms in total. The zero-order valence-corrected chi connectivity index (χ0v) is 11.6. The Labute approximate surface area is 123 Å². The molecule has 0 fully saturated rings. The van der Waals surface area contributed by atoms with Crippen molar-refractivity contribution in [2.75, 3.05) is 0 Å². The van der Waals surface area contributed by atoms with Crippen molar-refractivity contribution >= 4 is 9.84 Å². The van der Waals surface area contributed by atoms with E-state index in [1.807, 2.05) is 0 Å². The number of sulfone groups is 1. The van der Waals surface area contributed by atoms with Gasteiger partial charge in [-0.25, -0.2) is 12.8 Å². The van der Waals surface area contributed by atoms with Gasteiger partial charge in [0.1, 0.15) is 11.6 Å². The van der Waals surface area contributed by atoms with Crippen molar-refractivity contribution in [1.29, 1.82) is 0 Å². The zero-order valence-electron chi connectivity index (χ0n) is 10.8. The number of ether oxygens (including phenoxy) is 1. The van der Waals surface area contributed by atoms with Gasteiger partial charge in [0.2, 0.25) is 9.84 Å². The van der Waals surface area contributed by atoms with Gasteiger partial charge >= 0.3 is 6.36 Å². The van der Waals surface area contributed by atoms with Crippen LogP contribution in [0.2, 0.25) is 0 Å². The van der Waals surface area contributed by atoms with Crippen LogP contribution in [0.15, 0.2) is 46.2 Å². The Hall–Kier alpha value is -2.09. The molecule has 0 spiro atoms. The molecule has 0 amide bonds. The summed E-state index contributed by atoms with van der Waals surface area (Å²) >= 11 is 0.